The fourth-order valence-electron chi connectivity index (χ4n) is 1.52. The summed E-state index contributed by atoms with van der Waals surface area (Å²) in [7, 11) is 0. The van der Waals surface area contributed by atoms with Crippen molar-refractivity contribution in [3.8, 4) is 0 Å². The van der Waals surface area contributed by atoms with E-state index in [2.05, 4.69) is 27.6 Å². The predicted octanol–water partition coefficient (Wildman–Crippen LogP) is 2.69. The number of benzene rings is 1. The number of halogens is 1. The van der Waals surface area contributed by atoms with E-state index < -0.39 is 0 Å². The summed E-state index contributed by atoms with van der Waals surface area (Å²) < 4.78 is 1.15. The number of anilines is 1. The molecule has 0 aliphatic carbocycles. The molecule has 2 aromatic rings. The van der Waals surface area contributed by atoms with Gasteiger partial charge in [0, 0.05) is 16.2 Å². The second-order valence-electron chi connectivity index (χ2n) is 3.67. The van der Waals surface area contributed by atoms with Crippen LogP contribution in [-0.4, -0.2) is 10.8 Å². The van der Waals surface area contributed by atoms with Crippen molar-refractivity contribution in [2.75, 3.05) is 5.73 Å². The number of ketones is 1. The summed E-state index contributed by atoms with van der Waals surface area (Å²) in [6.45, 7) is 0. The molecule has 1 heterocycles. The summed E-state index contributed by atoms with van der Waals surface area (Å²) in [4.78, 5) is 16.0. The molecule has 2 rings (SSSR count). The lowest BCUT2D eigenvalue weighted by atomic mass is 10.1. The number of hydrogen-bond acceptors (Lipinski definition) is 3. The molecule has 1 aromatic heterocycles. The minimum absolute atomic E-state index is 0.0516. The number of nitrogens with two attached hydrogens (primary N) is 1. The van der Waals surface area contributed by atoms with E-state index in [0.29, 0.717) is 17.8 Å². The summed E-state index contributed by atoms with van der Waals surface area (Å²) in [5.41, 5.74) is 7.47. The molecule has 0 fully saturated rings. The van der Waals surface area contributed by atoms with Gasteiger partial charge in [-0.05, 0) is 52.4 Å². The Kier molecular flexibility index (Phi) is 3.73. The second-order valence-corrected chi connectivity index (χ2v) is 4.91. The first kappa shape index (κ1) is 12.0. The lowest BCUT2D eigenvalue weighted by molar-refractivity contribution is 0.0989. The largest absolute Gasteiger partial charge is 0.397 e. The molecule has 0 amide bonds. The molecule has 0 saturated heterocycles. The zero-order chi connectivity index (χ0) is 12.3. The molecule has 0 radical (unpaired) electrons. The van der Waals surface area contributed by atoms with E-state index >= 15 is 0 Å². The van der Waals surface area contributed by atoms with Crippen molar-refractivity contribution in [2.24, 2.45) is 0 Å². The molecule has 2 N–H and O–H groups in total. The maximum atomic E-state index is 12.0. The van der Waals surface area contributed by atoms with E-state index in [0.717, 1.165) is 9.13 Å². The van der Waals surface area contributed by atoms with Gasteiger partial charge in [0.2, 0.25) is 0 Å². The van der Waals surface area contributed by atoms with Gasteiger partial charge in [-0.2, -0.15) is 0 Å². The van der Waals surface area contributed by atoms with Crippen molar-refractivity contribution in [1.82, 2.24) is 4.98 Å². The standard InChI is InChI=1S/C13H11IN2O/c14-10-5-3-9(4-6-10)8-12(17)13-11(15)2-1-7-16-13/h1-7H,8,15H2. The lowest BCUT2D eigenvalue weighted by Crippen LogP contribution is -2.09. The average molecular weight is 338 g/mol. The smallest absolute Gasteiger partial charge is 0.187 e. The number of pyridine rings is 1. The molecule has 0 atom stereocenters. The molecule has 1 aromatic carbocycles. The van der Waals surface area contributed by atoms with Crippen LogP contribution in [0.15, 0.2) is 42.6 Å². The van der Waals surface area contributed by atoms with Gasteiger partial charge in [-0.25, -0.2) is 0 Å². The SMILES string of the molecule is Nc1cccnc1C(=O)Cc1ccc(I)cc1. The molecule has 0 aliphatic heterocycles. The molecule has 0 saturated carbocycles. The van der Waals surface area contributed by atoms with E-state index in [1.807, 2.05) is 24.3 Å². The number of aromatic nitrogens is 1. The highest BCUT2D eigenvalue weighted by Crippen LogP contribution is 2.13. The number of nitrogens with zero attached hydrogens (tertiary/aromatic N) is 1. The van der Waals surface area contributed by atoms with E-state index in [4.69, 9.17) is 5.73 Å². The Bertz CT molecular complexity index is 537. The highest BCUT2D eigenvalue weighted by molar-refractivity contribution is 14.1. The van der Waals surface area contributed by atoms with Crippen molar-refractivity contribution in [2.45, 2.75) is 6.42 Å². The van der Waals surface area contributed by atoms with Gasteiger partial charge in [-0.1, -0.05) is 12.1 Å². The molecule has 0 bridgehead atoms. The third-order valence-corrected chi connectivity index (χ3v) is 3.10. The third-order valence-electron chi connectivity index (χ3n) is 2.38. The van der Waals surface area contributed by atoms with Crippen LogP contribution in [0.5, 0.6) is 0 Å². The van der Waals surface area contributed by atoms with Crippen LogP contribution in [0, 0.1) is 3.57 Å². The quantitative estimate of drug-likeness (QED) is 0.692. The Morgan fingerprint density at radius 2 is 1.94 bits per heavy atom. The zero-order valence-electron chi connectivity index (χ0n) is 9.06. The van der Waals surface area contributed by atoms with E-state index in [1.165, 1.54) is 0 Å². The van der Waals surface area contributed by atoms with Crippen molar-refractivity contribution >= 4 is 34.1 Å². The van der Waals surface area contributed by atoms with Gasteiger partial charge in [0.25, 0.3) is 0 Å². The van der Waals surface area contributed by atoms with Crippen molar-refractivity contribution < 1.29 is 4.79 Å². The molecule has 4 heteroatoms. The van der Waals surface area contributed by atoms with Crippen LogP contribution < -0.4 is 5.73 Å². The van der Waals surface area contributed by atoms with Gasteiger partial charge >= 0.3 is 0 Å². The molecular weight excluding hydrogens is 327 g/mol. The molecule has 17 heavy (non-hydrogen) atoms. The molecule has 86 valence electrons. The highest BCUT2D eigenvalue weighted by Gasteiger charge is 2.11. The Balaban J connectivity index is 2.17. The van der Waals surface area contributed by atoms with Crippen LogP contribution in [-0.2, 0) is 6.42 Å². The lowest BCUT2D eigenvalue weighted by Gasteiger charge is -2.03. The molecule has 0 unspecified atom stereocenters. The number of nitrogen functional groups attached to an aromatic ring is 1. The van der Waals surface area contributed by atoms with Crippen LogP contribution in [0.4, 0.5) is 5.69 Å². The highest BCUT2D eigenvalue weighted by atomic mass is 127. The number of hydrogen-bond donors (Lipinski definition) is 1. The minimum atomic E-state index is -0.0516. The number of Topliss-reactive ketones (excluding diaryl/α,β-unsaturated/α-hetero) is 1. The maximum Gasteiger partial charge on any atom is 0.187 e. The minimum Gasteiger partial charge on any atom is -0.397 e. The fraction of sp³-hybridized carbons (Fsp3) is 0.0769. The van der Waals surface area contributed by atoms with Crippen LogP contribution >= 0.6 is 22.6 Å². The van der Waals surface area contributed by atoms with Crippen LogP contribution in [0.1, 0.15) is 16.1 Å². The topological polar surface area (TPSA) is 56.0 Å². The first-order valence-electron chi connectivity index (χ1n) is 5.15. The van der Waals surface area contributed by atoms with Gasteiger partial charge in [0.05, 0.1) is 5.69 Å². The first-order chi connectivity index (χ1) is 8.16. The van der Waals surface area contributed by atoms with Gasteiger partial charge in [0.15, 0.2) is 5.78 Å². The first-order valence-corrected chi connectivity index (χ1v) is 6.23. The van der Waals surface area contributed by atoms with Crippen LogP contribution in [0.3, 0.4) is 0 Å². The van der Waals surface area contributed by atoms with Crippen molar-refractivity contribution in [3.63, 3.8) is 0 Å². The van der Waals surface area contributed by atoms with Crippen LogP contribution in [0.25, 0.3) is 0 Å². The molecular formula is C13H11IN2O. The predicted molar refractivity (Wildman–Crippen MR) is 75.8 cm³/mol. The van der Waals surface area contributed by atoms with Gasteiger partial charge in [0.1, 0.15) is 5.69 Å². The van der Waals surface area contributed by atoms with E-state index in [9.17, 15) is 4.79 Å². The van der Waals surface area contributed by atoms with Gasteiger partial charge in [-0.3, -0.25) is 9.78 Å². The normalized spacial score (nSPS) is 10.2. The van der Waals surface area contributed by atoms with E-state index in [1.54, 1.807) is 18.3 Å². The average Bonchev–Trinajstić information content (AvgIpc) is 2.32. The zero-order valence-corrected chi connectivity index (χ0v) is 11.2. The summed E-state index contributed by atoms with van der Waals surface area (Å²) in [5, 5.41) is 0. The van der Waals surface area contributed by atoms with Crippen LogP contribution in [0.2, 0.25) is 0 Å². The Morgan fingerprint density at radius 1 is 1.24 bits per heavy atom. The summed E-state index contributed by atoms with van der Waals surface area (Å²) >= 11 is 2.23. The fourth-order valence-corrected chi connectivity index (χ4v) is 1.88. The third kappa shape index (κ3) is 3.03. The Labute approximate surface area is 113 Å². The maximum absolute atomic E-state index is 12.0. The second kappa shape index (κ2) is 5.27. The summed E-state index contributed by atoms with van der Waals surface area (Å²) in [6.07, 6.45) is 1.91. The monoisotopic (exact) mass is 338 g/mol. The Hall–Kier alpha value is -1.43. The summed E-state index contributed by atoms with van der Waals surface area (Å²) in [5.74, 6) is -0.0516. The molecule has 0 aliphatic rings. The number of carbonyl (C=O) groups excluding carboxylic acids is 1. The number of carbonyl (C=O) groups is 1. The number of rotatable bonds is 3. The van der Waals surface area contributed by atoms with Crippen molar-refractivity contribution in [3.05, 3.63) is 57.4 Å². The van der Waals surface area contributed by atoms with Crippen molar-refractivity contribution in [1.29, 1.82) is 0 Å². The Morgan fingerprint density at radius 3 is 2.59 bits per heavy atom. The molecule has 3 nitrogen and oxygen atoms in total. The molecule has 0 spiro atoms. The van der Waals surface area contributed by atoms with E-state index in [-0.39, 0.29) is 5.78 Å². The van der Waals surface area contributed by atoms with Gasteiger partial charge in [-0.15, -0.1) is 0 Å². The summed E-state index contributed by atoms with van der Waals surface area (Å²) in [6, 6.07) is 11.2. The van der Waals surface area contributed by atoms with Gasteiger partial charge < -0.3 is 5.73 Å².